The number of para-hydroxylation sites is 1. The number of hydrogen-bond donors (Lipinski definition) is 1. The standard InChI is InChI=1S/C24H24ClN3O4/c1-15-20(16(2)28(27-15)19-8-6-5-7-9-19)11-13-23(29)32-17(3)24(30)26-21-14-18(25)10-12-22(21)31-4/h5-14,17H,1-4H3,(H,26,30)/b13-11+. The predicted octanol–water partition coefficient (Wildman–Crippen LogP) is 4.73. The number of carbonyl (C=O) groups excluding carboxylic acids is 2. The van der Waals surface area contributed by atoms with Crippen LogP contribution in [0.1, 0.15) is 23.9 Å². The number of aryl methyl sites for hydroxylation is 1. The van der Waals surface area contributed by atoms with Crippen molar-refractivity contribution in [2.75, 3.05) is 12.4 Å². The van der Waals surface area contributed by atoms with Gasteiger partial charge in [0.15, 0.2) is 6.10 Å². The van der Waals surface area contributed by atoms with E-state index in [4.69, 9.17) is 21.1 Å². The van der Waals surface area contributed by atoms with Crippen LogP contribution in [0.25, 0.3) is 11.8 Å². The molecule has 0 aliphatic carbocycles. The van der Waals surface area contributed by atoms with E-state index >= 15 is 0 Å². The number of rotatable bonds is 7. The molecular weight excluding hydrogens is 430 g/mol. The molecule has 7 nitrogen and oxygen atoms in total. The summed E-state index contributed by atoms with van der Waals surface area (Å²) in [7, 11) is 1.48. The van der Waals surface area contributed by atoms with E-state index in [1.54, 1.807) is 24.3 Å². The number of hydrogen-bond acceptors (Lipinski definition) is 5. The molecule has 1 aromatic heterocycles. The summed E-state index contributed by atoms with van der Waals surface area (Å²) in [6, 6.07) is 14.6. The summed E-state index contributed by atoms with van der Waals surface area (Å²) in [6.07, 6.45) is 1.91. The molecule has 0 radical (unpaired) electrons. The van der Waals surface area contributed by atoms with Crippen LogP contribution in [-0.2, 0) is 14.3 Å². The molecule has 0 fully saturated rings. The smallest absolute Gasteiger partial charge is 0.331 e. The van der Waals surface area contributed by atoms with E-state index in [1.807, 2.05) is 48.9 Å². The molecule has 0 spiro atoms. The van der Waals surface area contributed by atoms with Crippen molar-refractivity contribution in [3.63, 3.8) is 0 Å². The molecule has 1 amide bonds. The zero-order chi connectivity index (χ0) is 23.3. The summed E-state index contributed by atoms with van der Waals surface area (Å²) in [5, 5.41) is 7.64. The van der Waals surface area contributed by atoms with Crippen LogP contribution < -0.4 is 10.1 Å². The highest BCUT2D eigenvalue weighted by Gasteiger charge is 2.19. The molecular formula is C24H24ClN3O4. The van der Waals surface area contributed by atoms with Gasteiger partial charge in [0.1, 0.15) is 5.75 Å². The van der Waals surface area contributed by atoms with Crippen LogP contribution in [0.5, 0.6) is 5.75 Å². The maximum absolute atomic E-state index is 12.4. The summed E-state index contributed by atoms with van der Waals surface area (Å²) in [4.78, 5) is 24.7. The molecule has 0 saturated heterocycles. The summed E-state index contributed by atoms with van der Waals surface area (Å²) in [6.45, 7) is 5.28. The van der Waals surface area contributed by atoms with Crippen LogP contribution in [0.4, 0.5) is 5.69 Å². The zero-order valence-electron chi connectivity index (χ0n) is 18.3. The normalized spacial score (nSPS) is 11.9. The quantitative estimate of drug-likeness (QED) is 0.413. The summed E-state index contributed by atoms with van der Waals surface area (Å²) >= 11 is 5.98. The topological polar surface area (TPSA) is 82.4 Å². The number of methoxy groups -OCH3 is 1. The van der Waals surface area contributed by atoms with Gasteiger partial charge in [0.05, 0.1) is 24.2 Å². The summed E-state index contributed by atoms with van der Waals surface area (Å²) < 4.78 is 12.3. The molecule has 0 saturated carbocycles. The van der Waals surface area contributed by atoms with Gasteiger partial charge in [-0.05, 0) is 57.2 Å². The van der Waals surface area contributed by atoms with Gasteiger partial charge in [-0.3, -0.25) is 4.79 Å². The van der Waals surface area contributed by atoms with Gasteiger partial charge >= 0.3 is 5.97 Å². The van der Waals surface area contributed by atoms with Crippen molar-refractivity contribution in [1.29, 1.82) is 0 Å². The van der Waals surface area contributed by atoms with Crippen molar-refractivity contribution in [3.8, 4) is 11.4 Å². The number of esters is 1. The molecule has 3 aromatic rings. The summed E-state index contributed by atoms with van der Waals surface area (Å²) in [5.41, 5.74) is 3.79. The Morgan fingerprint density at radius 1 is 1.16 bits per heavy atom. The van der Waals surface area contributed by atoms with Gasteiger partial charge in [0.2, 0.25) is 0 Å². The van der Waals surface area contributed by atoms with E-state index in [-0.39, 0.29) is 0 Å². The molecule has 1 N–H and O–H groups in total. The first kappa shape index (κ1) is 23.1. The van der Waals surface area contributed by atoms with Gasteiger partial charge < -0.3 is 14.8 Å². The van der Waals surface area contributed by atoms with Gasteiger partial charge in [0.25, 0.3) is 5.91 Å². The van der Waals surface area contributed by atoms with Crippen LogP contribution in [0.15, 0.2) is 54.6 Å². The van der Waals surface area contributed by atoms with Crippen molar-refractivity contribution >= 4 is 35.2 Å². The molecule has 3 rings (SSSR count). The Labute approximate surface area is 191 Å². The molecule has 1 heterocycles. The first-order valence-corrected chi connectivity index (χ1v) is 10.3. The van der Waals surface area contributed by atoms with E-state index in [0.717, 1.165) is 22.6 Å². The van der Waals surface area contributed by atoms with Crippen molar-refractivity contribution in [2.24, 2.45) is 0 Å². The number of carbonyl (C=O) groups is 2. The van der Waals surface area contributed by atoms with Crippen LogP contribution >= 0.6 is 11.6 Å². The maximum atomic E-state index is 12.4. The molecule has 32 heavy (non-hydrogen) atoms. The Morgan fingerprint density at radius 3 is 2.56 bits per heavy atom. The molecule has 2 aromatic carbocycles. The largest absolute Gasteiger partial charge is 0.495 e. The van der Waals surface area contributed by atoms with Crippen LogP contribution in [0.3, 0.4) is 0 Å². The van der Waals surface area contributed by atoms with Gasteiger partial charge in [0, 0.05) is 22.4 Å². The molecule has 0 bridgehead atoms. The monoisotopic (exact) mass is 453 g/mol. The third-order valence-corrected chi connectivity index (χ3v) is 5.05. The lowest BCUT2D eigenvalue weighted by atomic mass is 10.2. The molecule has 8 heteroatoms. The van der Waals surface area contributed by atoms with E-state index in [0.29, 0.717) is 16.5 Å². The average Bonchev–Trinajstić information content (AvgIpc) is 3.06. The van der Waals surface area contributed by atoms with Crippen LogP contribution in [0, 0.1) is 13.8 Å². The van der Waals surface area contributed by atoms with Crippen molar-refractivity contribution in [3.05, 3.63) is 76.6 Å². The van der Waals surface area contributed by atoms with Gasteiger partial charge in [-0.25, -0.2) is 9.48 Å². The van der Waals surface area contributed by atoms with E-state index in [2.05, 4.69) is 10.4 Å². The fourth-order valence-corrected chi connectivity index (χ4v) is 3.32. The Morgan fingerprint density at radius 2 is 1.88 bits per heavy atom. The van der Waals surface area contributed by atoms with Gasteiger partial charge in [-0.1, -0.05) is 29.8 Å². The van der Waals surface area contributed by atoms with E-state index < -0.39 is 18.0 Å². The zero-order valence-corrected chi connectivity index (χ0v) is 19.0. The SMILES string of the molecule is COc1ccc(Cl)cc1NC(=O)C(C)OC(=O)/C=C/c1c(C)nn(-c2ccccc2)c1C. The Balaban J connectivity index is 1.66. The third kappa shape index (κ3) is 5.36. The minimum Gasteiger partial charge on any atom is -0.495 e. The number of benzene rings is 2. The number of aromatic nitrogens is 2. The first-order chi connectivity index (χ1) is 15.3. The number of ether oxygens (including phenoxy) is 2. The fraction of sp³-hybridized carbons (Fsp3) is 0.208. The number of nitrogens with one attached hydrogen (secondary N) is 1. The van der Waals surface area contributed by atoms with Gasteiger partial charge in [-0.15, -0.1) is 0 Å². The predicted molar refractivity (Wildman–Crippen MR) is 124 cm³/mol. The Kier molecular flexibility index (Phi) is 7.33. The lowest BCUT2D eigenvalue weighted by Crippen LogP contribution is -2.29. The van der Waals surface area contributed by atoms with Crippen molar-refractivity contribution in [1.82, 2.24) is 9.78 Å². The van der Waals surface area contributed by atoms with Crippen molar-refractivity contribution < 1.29 is 19.1 Å². The van der Waals surface area contributed by atoms with Gasteiger partial charge in [-0.2, -0.15) is 5.10 Å². The highest BCUT2D eigenvalue weighted by molar-refractivity contribution is 6.31. The molecule has 0 aliphatic heterocycles. The molecule has 166 valence electrons. The van der Waals surface area contributed by atoms with E-state index in [9.17, 15) is 9.59 Å². The maximum Gasteiger partial charge on any atom is 0.331 e. The molecule has 1 atom stereocenters. The minimum absolute atomic E-state index is 0.392. The second kappa shape index (κ2) is 10.2. The molecule has 1 unspecified atom stereocenters. The third-order valence-electron chi connectivity index (χ3n) is 4.82. The second-order valence-corrected chi connectivity index (χ2v) is 7.51. The second-order valence-electron chi connectivity index (χ2n) is 7.08. The lowest BCUT2D eigenvalue weighted by molar-refractivity contribution is -0.148. The minimum atomic E-state index is -1.02. The lowest BCUT2D eigenvalue weighted by Gasteiger charge is -2.14. The van der Waals surface area contributed by atoms with Crippen LogP contribution in [-0.4, -0.2) is 34.9 Å². The fourth-order valence-electron chi connectivity index (χ4n) is 3.15. The highest BCUT2D eigenvalue weighted by Crippen LogP contribution is 2.28. The Bertz CT molecular complexity index is 1160. The summed E-state index contributed by atoms with van der Waals surface area (Å²) in [5.74, 6) is -0.698. The number of anilines is 1. The number of halogens is 1. The van der Waals surface area contributed by atoms with E-state index in [1.165, 1.54) is 20.1 Å². The number of nitrogens with zero attached hydrogens (tertiary/aromatic N) is 2. The van der Waals surface area contributed by atoms with Crippen molar-refractivity contribution in [2.45, 2.75) is 26.9 Å². The molecule has 0 aliphatic rings. The Hall–Kier alpha value is -3.58. The first-order valence-electron chi connectivity index (χ1n) is 9.95. The highest BCUT2D eigenvalue weighted by atomic mass is 35.5. The van der Waals surface area contributed by atoms with Crippen LogP contribution in [0.2, 0.25) is 5.02 Å². The number of amides is 1. The average molecular weight is 454 g/mol.